The van der Waals surface area contributed by atoms with E-state index in [0.29, 0.717) is 19.6 Å². The van der Waals surface area contributed by atoms with Gasteiger partial charge >= 0.3 is 5.97 Å². The van der Waals surface area contributed by atoms with Crippen molar-refractivity contribution < 1.29 is 14.3 Å². The molecule has 0 amide bonds. The molecule has 0 bridgehead atoms. The maximum atomic E-state index is 11.8. The van der Waals surface area contributed by atoms with Gasteiger partial charge < -0.3 is 14.8 Å². The van der Waals surface area contributed by atoms with E-state index in [9.17, 15) is 4.79 Å². The van der Waals surface area contributed by atoms with Crippen molar-refractivity contribution in [3.05, 3.63) is 0 Å². The van der Waals surface area contributed by atoms with E-state index in [2.05, 4.69) is 5.32 Å². The molecular formula is C14H27NO3. The second-order valence-corrected chi connectivity index (χ2v) is 5.41. The molecule has 0 unspecified atom stereocenters. The monoisotopic (exact) mass is 257 g/mol. The molecule has 1 rings (SSSR count). The highest BCUT2D eigenvalue weighted by Gasteiger charge is 2.33. The van der Waals surface area contributed by atoms with Gasteiger partial charge in [0.2, 0.25) is 0 Å². The molecule has 0 spiro atoms. The summed E-state index contributed by atoms with van der Waals surface area (Å²) in [6.45, 7) is 4.78. The average Bonchev–Trinajstić information content (AvgIpc) is 2.35. The lowest BCUT2D eigenvalue weighted by Gasteiger charge is -2.36. The molecule has 1 aliphatic carbocycles. The highest BCUT2D eigenvalue weighted by atomic mass is 16.6. The molecule has 0 aromatic carbocycles. The maximum Gasteiger partial charge on any atom is 0.307 e. The number of esters is 1. The Bertz CT molecular complexity index is 247. The molecule has 0 aromatic heterocycles. The van der Waals surface area contributed by atoms with E-state index >= 15 is 0 Å². The van der Waals surface area contributed by atoms with Gasteiger partial charge in [0.05, 0.1) is 19.1 Å². The van der Waals surface area contributed by atoms with Crippen molar-refractivity contribution in [1.29, 1.82) is 0 Å². The molecule has 1 fully saturated rings. The van der Waals surface area contributed by atoms with Crippen LogP contribution in [0, 0.1) is 0 Å². The van der Waals surface area contributed by atoms with Crippen molar-refractivity contribution in [2.24, 2.45) is 0 Å². The van der Waals surface area contributed by atoms with E-state index in [1.807, 2.05) is 20.9 Å². The van der Waals surface area contributed by atoms with E-state index in [1.165, 1.54) is 19.3 Å². The first-order valence-electron chi connectivity index (χ1n) is 7.04. The van der Waals surface area contributed by atoms with Crippen LogP contribution in [0.5, 0.6) is 0 Å². The Balaban J connectivity index is 2.25. The zero-order valence-electron chi connectivity index (χ0n) is 12.0. The van der Waals surface area contributed by atoms with Gasteiger partial charge in [0, 0.05) is 5.54 Å². The first kappa shape index (κ1) is 15.4. The standard InChI is InChI=1S/C14H27NO3/c1-12(2)17-9-10-18-13(16)11-14(15-3)7-5-4-6-8-14/h12,15H,4-11H2,1-3H3. The van der Waals surface area contributed by atoms with Gasteiger partial charge in [-0.15, -0.1) is 0 Å². The van der Waals surface area contributed by atoms with Crippen molar-refractivity contribution in [3.63, 3.8) is 0 Å². The highest BCUT2D eigenvalue weighted by Crippen LogP contribution is 2.30. The van der Waals surface area contributed by atoms with Crippen molar-refractivity contribution in [3.8, 4) is 0 Å². The Morgan fingerprint density at radius 2 is 1.89 bits per heavy atom. The minimum Gasteiger partial charge on any atom is -0.463 e. The fraction of sp³-hybridized carbons (Fsp3) is 0.929. The van der Waals surface area contributed by atoms with Crippen molar-refractivity contribution in [2.75, 3.05) is 20.3 Å². The van der Waals surface area contributed by atoms with Crippen LogP contribution in [0.2, 0.25) is 0 Å². The molecule has 0 aromatic rings. The molecule has 0 atom stereocenters. The Morgan fingerprint density at radius 3 is 2.44 bits per heavy atom. The minimum atomic E-state index is -0.112. The topological polar surface area (TPSA) is 47.6 Å². The second kappa shape index (κ2) is 7.74. The highest BCUT2D eigenvalue weighted by molar-refractivity contribution is 5.71. The maximum absolute atomic E-state index is 11.8. The first-order valence-corrected chi connectivity index (χ1v) is 7.04. The summed E-state index contributed by atoms with van der Waals surface area (Å²) in [5, 5.41) is 3.32. The Kier molecular flexibility index (Phi) is 6.65. The van der Waals surface area contributed by atoms with Crippen LogP contribution in [0.15, 0.2) is 0 Å². The number of hydrogen-bond donors (Lipinski definition) is 1. The SMILES string of the molecule is CNC1(CC(=O)OCCOC(C)C)CCCCC1. The quantitative estimate of drug-likeness (QED) is 0.561. The molecule has 18 heavy (non-hydrogen) atoms. The third-order valence-corrected chi connectivity index (χ3v) is 3.62. The van der Waals surface area contributed by atoms with Gasteiger partial charge in [-0.25, -0.2) is 0 Å². The summed E-state index contributed by atoms with van der Waals surface area (Å²) >= 11 is 0. The van der Waals surface area contributed by atoms with E-state index < -0.39 is 0 Å². The lowest BCUT2D eigenvalue weighted by atomic mass is 9.79. The van der Waals surface area contributed by atoms with Crippen molar-refractivity contribution >= 4 is 5.97 Å². The summed E-state index contributed by atoms with van der Waals surface area (Å²) in [6, 6.07) is 0. The minimum absolute atomic E-state index is 0.0335. The van der Waals surface area contributed by atoms with Gasteiger partial charge in [-0.05, 0) is 33.7 Å². The predicted molar refractivity (Wildman–Crippen MR) is 71.5 cm³/mol. The summed E-state index contributed by atoms with van der Waals surface area (Å²) in [6.07, 6.45) is 6.48. The van der Waals surface area contributed by atoms with Gasteiger partial charge in [-0.1, -0.05) is 19.3 Å². The van der Waals surface area contributed by atoms with Crippen LogP contribution >= 0.6 is 0 Å². The smallest absolute Gasteiger partial charge is 0.307 e. The molecule has 0 aliphatic heterocycles. The third kappa shape index (κ3) is 5.36. The Labute approximate surface area is 110 Å². The van der Waals surface area contributed by atoms with Crippen LogP contribution < -0.4 is 5.32 Å². The fourth-order valence-electron chi connectivity index (χ4n) is 2.51. The molecule has 0 heterocycles. The van der Waals surface area contributed by atoms with E-state index in [-0.39, 0.29) is 17.6 Å². The van der Waals surface area contributed by atoms with Crippen molar-refractivity contribution in [2.45, 2.75) is 64.0 Å². The lowest BCUT2D eigenvalue weighted by Crippen LogP contribution is -2.46. The van der Waals surface area contributed by atoms with E-state index in [1.54, 1.807) is 0 Å². The first-order chi connectivity index (χ1) is 8.58. The molecule has 4 heteroatoms. The molecule has 1 aliphatic rings. The molecule has 0 radical (unpaired) electrons. The molecule has 4 nitrogen and oxygen atoms in total. The lowest BCUT2D eigenvalue weighted by molar-refractivity contribution is -0.147. The van der Waals surface area contributed by atoms with Crippen LogP contribution in [-0.2, 0) is 14.3 Å². The van der Waals surface area contributed by atoms with Crippen LogP contribution in [0.3, 0.4) is 0 Å². The fourth-order valence-corrected chi connectivity index (χ4v) is 2.51. The number of hydrogen-bond acceptors (Lipinski definition) is 4. The van der Waals surface area contributed by atoms with Gasteiger partial charge in [-0.3, -0.25) is 4.79 Å². The van der Waals surface area contributed by atoms with Gasteiger partial charge in [0.25, 0.3) is 0 Å². The third-order valence-electron chi connectivity index (χ3n) is 3.62. The van der Waals surface area contributed by atoms with Crippen LogP contribution in [0.4, 0.5) is 0 Å². The van der Waals surface area contributed by atoms with Crippen LogP contribution in [-0.4, -0.2) is 37.9 Å². The largest absolute Gasteiger partial charge is 0.463 e. The van der Waals surface area contributed by atoms with Crippen molar-refractivity contribution in [1.82, 2.24) is 5.32 Å². The summed E-state index contributed by atoms with van der Waals surface area (Å²) in [5.41, 5.74) is -0.0335. The number of rotatable bonds is 7. The number of carbonyl (C=O) groups is 1. The van der Waals surface area contributed by atoms with Gasteiger partial charge in [0.1, 0.15) is 6.61 Å². The van der Waals surface area contributed by atoms with Gasteiger partial charge in [-0.2, -0.15) is 0 Å². The Hall–Kier alpha value is -0.610. The van der Waals surface area contributed by atoms with Crippen LogP contribution in [0.25, 0.3) is 0 Å². The molecule has 1 saturated carbocycles. The molecular weight excluding hydrogens is 230 g/mol. The summed E-state index contributed by atoms with van der Waals surface area (Å²) in [5.74, 6) is -0.112. The number of ether oxygens (including phenoxy) is 2. The number of carbonyl (C=O) groups excluding carboxylic acids is 1. The molecule has 0 saturated heterocycles. The molecule has 1 N–H and O–H groups in total. The normalized spacial score (nSPS) is 18.9. The number of nitrogens with one attached hydrogen (secondary N) is 1. The predicted octanol–water partition coefficient (Wildman–Crippen LogP) is 2.27. The van der Waals surface area contributed by atoms with Crippen LogP contribution in [0.1, 0.15) is 52.4 Å². The average molecular weight is 257 g/mol. The van der Waals surface area contributed by atoms with E-state index in [0.717, 1.165) is 12.8 Å². The second-order valence-electron chi connectivity index (χ2n) is 5.41. The van der Waals surface area contributed by atoms with E-state index in [4.69, 9.17) is 9.47 Å². The summed E-state index contributed by atoms with van der Waals surface area (Å²) < 4.78 is 10.6. The summed E-state index contributed by atoms with van der Waals surface area (Å²) in [4.78, 5) is 11.8. The zero-order chi connectivity index (χ0) is 13.4. The zero-order valence-corrected chi connectivity index (χ0v) is 12.0. The summed E-state index contributed by atoms with van der Waals surface area (Å²) in [7, 11) is 1.94. The Morgan fingerprint density at radius 1 is 1.22 bits per heavy atom. The van der Waals surface area contributed by atoms with Gasteiger partial charge in [0.15, 0.2) is 0 Å². The molecule has 106 valence electrons.